The molecular formula is C14H13ClN2O3. The van der Waals surface area contributed by atoms with E-state index in [2.05, 4.69) is 10.1 Å². The molecule has 2 atom stereocenters. The minimum Gasteiger partial charge on any atom is -0.481 e. The Morgan fingerprint density at radius 1 is 1.40 bits per heavy atom. The first-order valence-electron chi connectivity index (χ1n) is 6.46. The second-order valence-corrected chi connectivity index (χ2v) is 5.45. The molecule has 1 aromatic heterocycles. The fourth-order valence-electron chi connectivity index (χ4n) is 2.58. The predicted octanol–water partition coefficient (Wildman–Crippen LogP) is 3.36. The van der Waals surface area contributed by atoms with Gasteiger partial charge in [0.05, 0.1) is 5.92 Å². The molecule has 0 spiro atoms. The Labute approximate surface area is 120 Å². The van der Waals surface area contributed by atoms with E-state index in [1.54, 1.807) is 12.1 Å². The van der Waals surface area contributed by atoms with Crippen molar-refractivity contribution in [2.45, 2.75) is 25.2 Å². The van der Waals surface area contributed by atoms with Gasteiger partial charge in [-0.15, -0.1) is 0 Å². The first-order valence-corrected chi connectivity index (χ1v) is 6.83. The van der Waals surface area contributed by atoms with Gasteiger partial charge in [0.1, 0.15) is 0 Å². The zero-order valence-electron chi connectivity index (χ0n) is 10.6. The van der Waals surface area contributed by atoms with Gasteiger partial charge in [0, 0.05) is 16.5 Å². The zero-order valence-corrected chi connectivity index (χ0v) is 11.4. The van der Waals surface area contributed by atoms with Crippen molar-refractivity contribution in [3.8, 4) is 11.4 Å². The van der Waals surface area contributed by atoms with Crippen LogP contribution in [0.25, 0.3) is 11.4 Å². The number of hydrogen-bond donors (Lipinski definition) is 1. The third-order valence-corrected chi connectivity index (χ3v) is 3.89. The lowest BCUT2D eigenvalue weighted by molar-refractivity contribution is -0.141. The molecule has 1 aliphatic carbocycles. The van der Waals surface area contributed by atoms with Gasteiger partial charge in [0.15, 0.2) is 0 Å². The summed E-state index contributed by atoms with van der Waals surface area (Å²) in [6.07, 6.45) is 2.00. The summed E-state index contributed by atoms with van der Waals surface area (Å²) in [5, 5.41) is 13.6. The second kappa shape index (κ2) is 5.25. The molecule has 2 unspecified atom stereocenters. The largest absolute Gasteiger partial charge is 0.481 e. The summed E-state index contributed by atoms with van der Waals surface area (Å²) in [6.45, 7) is 0. The van der Waals surface area contributed by atoms with Gasteiger partial charge in [0.2, 0.25) is 11.7 Å². The van der Waals surface area contributed by atoms with E-state index in [9.17, 15) is 4.79 Å². The van der Waals surface area contributed by atoms with Crippen LogP contribution < -0.4 is 0 Å². The van der Waals surface area contributed by atoms with Gasteiger partial charge in [0.25, 0.3) is 0 Å². The Bertz CT molecular complexity index is 641. The molecule has 0 saturated heterocycles. The minimum absolute atomic E-state index is 0.0385. The number of halogens is 1. The van der Waals surface area contributed by atoms with Crippen LogP contribution in [0.4, 0.5) is 0 Å². The Morgan fingerprint density at radius 3 is 2.95 bits per heavy atom. The fraction of sp³-hybridized carbons (Fsp3) is 0.357. The Hall–Kier alpha value is -1.88. The molecule has 20 heavy (non-hydrogen) atoms. The molecule has 0 amide bonds. The van der Waals surface area contributed by atoms with Crippen molar-refractivity contribution in [2.75, 3.05) is 0 Å². The number of carbonyl (C=O) groups is 1. The standard InChI is InChI=1S/C14H13ClN2O3/c15-11-3-1-2-8(7-11)12-16-13(20-17-12)9-4-5-10(6-9)14(18)19/h1-3,7,9-10H,4-6H2,(H,18,19). The van der Waals surface area contributed by atoms with Crippen LogP contribution in [0.15, 0.2) is 28.8 Å². The molecular weight excluding hydrogens is 280 g/mol. The normalized spacial score (nSPS) is 22.1. The van der Waals surface area contributed by atoms with E-state index in [1.165, 1.54) is 0 Å². The molecule has 3 rings (SSSR count). The van der Waals surface area contributed by atoms with Crippen molar-refractivity contribution in [1.29, 1.82) is 0 Å². The second-order valence-electron chi connectivity index (χ2n) is 5.01. The molecule has 0 bridgehead atoms. The maximum Gasteiger partial charge on any atom is 0.306 e. The van der Waals surface area contributed by atoms with E-state index < -0.39 is 5.97 Å². The number of benzene rings is 1. The predicted molar refractivity (Wildman–Crippen MR) is 72.5 cm³/mol. The van der Waals surface area contributed by atoms with E-state index >= 15 is 0 Å². The van der Waals surface area contributed by atoms with Crippen molar-refractivity contribution in [3.63, 3.8) is 0 Å². The number of carboxylic acid groups (broad SMARTS) is 1. The molecule has 1 fully saturated rings. The van der Waals surface area contributed by atoms with Gasteiger partial charge < -0.3 is 9.63 Å². The summed E-state index contributed by atoms with van der Waals surface area (Å²) in [6, 6.07) is 7.23. The van der Waals surface area contributed by atoms with Crippen LogP contribution in [0, 0.1) is 5.92 Å². The van der Waals surface area contributed by atoms with Crippen LogP contribution in [0.2, 0.25) is 5.02 Å². The highest BCUT2D eigenvalue weighted by molar-refractivity contribution is 6.30. The summed E-state index contributed by atoms with van der Waals surface area (Å²) >= 11 is 5.93. The lowest BCUT2D eigenvalue weighted by Crippen LogP contribution is -2.09. The molecule has 1 aromatic carbocycles. The van der Waals surface area contributed by atoms with Gasteiger partial charge in [-0.1, -0.05) is 28.9 Å². The molecule has 5 nitrogen and oxygen atoms in total. The average Bonchev–Trinajstić information content (AvgIpc) is 3.08. The summed E-state index contributed by atoms with van der Waals surface area (Å²) in [5.41, 5.74) is 0.792. The van der Waals surface area contributed by atoms with Crippen LogP contribution in [0.1, 0.15) is 31.1 Å². The van der Waals surface area contributed by atoms with Gasteiger partial charge in [-0.2, -0.15) is 4.98 Å². The van der Waals surface area contributed by atoms with E-state index in [0.29, 0.717) is 29.6 Å². The van der Waals surface area contributed by atoms with E-state index in [4.69, 9.17) is 21.2 Å². The molecule has 1 N–H and O–H groups in total. The highest BCUT2D eigenvalue weighted by Gasteiger charge is 2.33. The summed E-state index contributed by atoms with van der Waals surface area (Å²) < 4.78 is 5.27. The lowest BCUT2D eigenvalue weighted by atomic mass is 10.1. The number of carboxylic acids is 1. The van der Waals surface area contributed by atoms with Gasteiger partial charge in [-0.05, 0) is 31.4 Å². The SMILES string of the molecule is O=C(O)C1CCC(c2nc(-c3cccc(Cl)c3)no2)C1. The Balaban J connectivity index is 1.79. The highest BCUT2D eigenvalue weighted by Crippen LogP contribution is 2.38. The van der Waals surface area contributed by atoms with Crippen molar-refractivity contribution in [2.24, 2.45) is 5.92 Å². The van der Waals surface area contributed by atoms with Crippen molar-refractivity contribution in [1.82, 2.24) is 10.1 Å². The maximum absolute atomic E-state index is 11.0. The van der Waals surface area contributed by atoms with Crippen LogP contribution in [-0.2, 0) is 4.79 Å². The topological polar surface area (TPSA) is 76.2 Å². The number of hydrogen-bond acceptors (Lipinski definition) is 4. The molecule has 0 radical (unpaired) electrons. The van der Waals surface area contributed by atoms with Gasteiger partial charge >= 0.3 is 5.97 Å². The Morgan fingerprint density at radius 2 is 2.25 bits per heavy atom. The van der Waals surface area contributed by atoms with E-state index in [1.807, 2.05) is 12.1 Å². The van der Waals surface area contributed by atoms with Gasteiger partial charge in [-0.25, -0.2) is 0 Å². The molecule has 104 valence electrons. The fourth-order valence-corrected chi connectivity index (χ4v) is 2.77. The highest BCUT2D eigenvalue weighted by atomic mass is 35.5. The summed E-state index contributed by atoms with van der Waals surface area (Å²) in [5.74, 6) is -0.00913. The first-order chi connectivity index (χ1) is 9.63. The molecule has 0 aliphatic heterocycles. The van der Waals surface area contributed by atoms with E-state index in [0.717, 1.165) is 12.0 Å². The van der Waals surface area contributed by atoms with Crippen molar-refractivity contribution >= 4 is 17.6 Å². The monoisotopic (exact) mass is 292 g/mol. The third kappa shape index (κ3) is 2.54. The maximum atomic E-state index is 11.0. The van der Waals surface area contributed by atoms with Crippen LogP contribution >= 0.6 is 11.6 Å². The van der Waals surface area contributed by atoms with Crippen LogP contribution in [0.3, 0.4) is 0 Å². The Kier molecular flexibility index (Phi) is 3.44. The number of nitrogens with zero attached hydrogens (tertiary/aromatic N) is 2. The number of aromatic nitrogens is 2. The molecule has 6 heteroatoms. The molecule has 2 aromatic rings. The van der Waals surface area contributed by atoms with Gasteiger partial charge in [-0.3, -0.25) is 4.79 Å². The molecule has 1 heterocycles. The smallest absolute Gasteiger partial charge is 0.306 e. The van der Waals surface area contributed by atoms with Crippen LogP contribution in [-0.4, -0.2) is 21.2 Å². The van der Waals surface area contributed by atoms with E-state index in [-0.39, 0.29) is 11.8 Å². The molecule has 1 saturated carbocycles. The number of rotatable bonds is 3. The summed E-state index contributed by atoms with van der Waals surface area (Å²) in [7, 11) is 0. The third-order valence-electron chi connectivity index (χ3n) is 3.66. The van der Waals surface area contributed by atoms with Crippen molar-refractivity contribution < 1.29 is 14.4 Å². The number of aliphatic carboxylic acids is 1. The minimum atomic E-state index is -0.748. The quantitative estimate of drug-likeness (QED) is 0.938. The first kappa shape index (κ1) is 13.1. The molecule has 1 aliphatic rings. The van der Waals surface area contributed by atoms with Crippen molar-refractivity contribution in [3.05, 3.63) is 35.2 Å². The summed E-state index contributed by atoms with van der Waals surface area (Å²) in [4.78, 5) is 15.3. The lowest BCUT2D eigenvalue weighted by Gasteiger charge is -2.02. The van der Waals surface area contributed by atoms with Crippen LogP contribution in [0.5, 0.6) is 0 Å². The zero-order chi connectivity index (χ0) is 14.1. The average molecular weight is 293 g/mol.